The molecule has 0 aliphatic carbocycles. The molecule has 13 rings (SSSR count). The van der Waals surface area contributed by atoms with Gasteiger partial charge in [0.1, 0.15) is 0 Å². The lowest BCUT2D eigenvalue weighted by molar-refractivity contribution is 1.02. The Kier molecular flexibility index (Phi) is 5.93. The van der Waals surface area contributed by atoms with E-state index in [2.05, 4.69) is 168 Å². The van der Waals surface area contributed by atoms with Gasteiger partial charge in [-0.3, -0.25) is 4.57 Å². The molecule has 4 aromatic heterocycles. The molecule has 5 heteroatoms. The number of fused-ring (bicyclic) bond motifs is 18. The van der Waals surface area contributed by atoms with E-state index in [0.717, 1.165) is 37.9 Å². The van der Waals surface area contributed by atoms with Crippen LogP contribution in [0.5, 0.6) is 0 Å². The van der Waals surface area contributed by atoms with Gasteiger partial charge in [0, 0.05) is 57.4 Å². The summed E-state index contributed by atoms with van der Waals surface area (Å²) in [6, 6.07) is 59.8. The van der Waals surface area contributed by atoms with Crippen LogP contribution < -0.4 is 0 Å². The summed E-state index contributed by atoms with van der Waals surface area (Å²) in [5.74, 6) is 0.684. The molecule has 0 N–H and O–H groups in total. The number of rotatable bonds is 2. The molecular weight excluding hydrogens is 707 g/mol. The molecule has 254 valence electrons. The van der Waals surface area contributed by atoms with Crippen molar-refractivity contribution >= 4 is 128 Å². The Hall–Kier alpha value is -6.66. The van der Waals surface area contributed by atoms with E-state index in [-0.39, 0.29) is 0 Å². The average molecular weight is 734 g/mol. The molecule has 0 unspecified atom stereocenters. The first-order valence-electron chi connectivity index (χ1n) is 18.6. The van der Waals surface area contributed by atoms with Gasteiger partial charge in [-0.05, 0) is 56.6 Å². The van der Waals surface area contributed by atoms with Crippen molar-refractivity contribution in [2.75, 3.05) is 0 Å². The third-order valence-electron chi connectivity index (χ3n) is 11.6. The molecule has 0 fully saturated rings. The fraction of sp³-hybridized carbons (Fsp3) is 0. The summed E-state index contributed by atoms with van der Waals surface area (Å²) < 4.78 is 7.24. The summed E-state index contributed by atoms with van der Waals surface area (Å²) in [4.78, 5) is 11.2. The van der Waals surface area contributed by atoms with E-state index in [4.69, 9.17) is 9.97 Å². The second kappa shape index (κ2) is 11.0. The average Bonchev–Trinajstić information content (AvgIpc) is 3.92. The van der Waals surface area contributed by atoms with Crippen LogP contribution in [-0.2, 0) is 0 Å². The van der Waals surface area contributed by atoms with Crippen LogP contribution in [0.3, 0.4) is 0 Å². The molecule has 0 aliphatic rings. The standard InChI is InChI=1S/C50H27N3S2/c1-2-12-30-28(11-1)21-24-39-45-40(26-25-37-33-15-4-3-13-31(33)32-14-5-6-17-36(32)44(37)45)53(48(30)39)50-51-46(49-47(52-50)38-18-8-10-20-42(38)55-49)29-22-23-35-34-16-7-9-19-41(34)54-43(35)27-29/h1-27H. The molecule has 0 radical (unpaired) electrons. The second-order valence-corrected chi connectivity index (χ2v) is 16.6. The fourth-order valence-corrected chi connectivity index (χ4v) is 11.5. The van der Waals surface area contributed by atoms with Crippen molar-refractivity contribution in [3.63, 3.8) is 0 Å². The molecule has 4 heterocycles. The highest BCUT2D eigenvalue weighted by molar-refractivity contribution is 7.26. The van der Waals surface area contributed by atoms with Gasteiger partial charge in [-0.1, -0.05) is 140 Å². The summed E-state index contributed by atoms with van der Waals surface area (Å²) in [5, 5.41) is 16.1. The Balaban J connectivity index is 1.22. The Morgan fingerprint density at radius 3 is 1.78 bits per heavy atom. The maximum atomic E-state index is 5.64. The van der Waals surface area contributed by atoms with E-state index in [1.807, 2.05) is 11.3 Å². The molecule has 0 bridgehead atoms. The number of aromatic nitrogens is 3. The van der Waals surface area contributed by atoms with Gasteiger partial charge in [-0.25, -0.2) is 9.97 Å². The zero-order valence-electron chi connectivity index (χ0n) is 29.2. The Morgan fingerprint density at radius 2 is 0.982 bits per heavy atom. The van der Waals surface area contributed by atoms with E-state index in [0.29, 0.717) is 5.95 Å². The van der Waals surface area contributed by atoms with Crippen LogP contribution in [0.15, 0.2) is 164 Å². The van der Waals surface area contributed by atoms with Crippen LogP contribution in [0.4, 0.5) is 0 Å². The zero-order chi connectivity index (χ0) is 35.8. The summed E-state index contributed by atoms with van der Waals surface area (Å²) in [6.07, 6.45) is 0. The van der Waals surface area contributed by atoms with Crippen molar-refractivity contribution in [3.05, 3.63) is 164 Å². The fourth-order valence-electron chi connectivity index (χ4n) is 9.22. The van der Waals surface area contributed by atoms with Gasteiger partial charge in [0.05, 0.1) is 26.9 Å². The number of hydrogen-bond donors (Lipinski definition) is 0. The summed E-state index contributed by atoms with van der Waals surface area (Å²) in [6.45, 7) is 0. The van der Waals surface area contributed by atoms with Crippen LogP contribution in [0.25, 0.3) is 123 Å². The molecule has 0 aliphatic heterocycles. The molecule has 0 saturated carbocycles. The minimum absolute atomic E-state index is 0.684. The Bertz CT molecular complexity index is 3760. The number of benzene rings is 9. The van der Waals surface area contributed by atoms with Crippen LogP contribution in [-0.4, -0.2) is 14.5 Å². The molecule has 0 saturated heterocycles. The molecule has 13 aromatic rings. The third-order valence-corrected chi connectivity index (χ3v) is 13.9. The maximum Gasteiger partial charge on any atom is 0.235 e. The van der Waals surface area contributed by atoms with E-state index in [9.17, 15) is 0 Å². The SMILES string of the molecule is c1ccc2c(c1)ccc1c3c4c5ccccc5c5ccccc5c4ccc3n(-c3nc(-c4ccc5c(c4)sc4ccccc45)c4sc5ccccc5c4n3)c21. The molecule has 0 atom stereocenters. The highest BCUT2D eigenvalue weighted by atomic mass is 32.1. The third kappa shape index (κ3) is 4.03. The minimum Gasteiger partial charge on any atom is -0.277 e. The van der Waals surface area contributed by atoms with Crippen molar-refractivity contribution in [1.82, 2.24) is 14.5 Å². The van der Waals surface area contributed by atoms with Crippen LogP contribution in [0.2, 0.25) is 0 Å². The quantitative estimate of drug-likeness (QED) is 0.166. The molecule has 0 spiro atoms. The first kappa shape index (κ1) is 29.8. The van der Waals surface area contributed by atoms with Gasteiger partial charge in [0.2, 0.25) is 5.95 Å². The Labute approximate surface area is 322 Å². The lowest BCUT2D eigenvalue weighted by Crippen LogP contribution is -2.03. The molecule has 9 aromatic carbocycles. The normalized spacial score (nSPS) is 12.4. The van der Waals surface area contributed by atoms with Gasteiger partial charge in [-0.2, -0.15) is 0 Å². The molecule has 3 nitrogen and oxygen atoms in total. The van der Waals surface area contributed by atoms with Gasteiger partial charge in [0.15, 0.2) is 0 Å². The lowest BCUT2D eigenvalue weighted by Gasteiger charge is -2.13. The summed E-state index contributed by atoms with van der Waals surface area (Å²) in [7, 11) is 0. The van der Waals surface area contributed by atoms with E-state index >= 15 is 0 Å². The molecule has 55 heavy (non-hydrogen) atoms. The topological polar surface area (TPSA) is 30.7 Å². The van der Waals surface area contributed by atoms with E-state index in [1.165, 1.54) is 78.7 Å². The predicted octanol–water partition coefficient (Wildman–Crippen LogP) is 14.6. The van der Waals surface area contributed by atoms with E-state index < -0.39 is 0 Å². The molecular formula is C50H27N3S2. The number of thiophene rings is 2. The first-order chi connectivity index (χ1) is 27.3. The van der Waals surface area contributed by atoms with Crippen LogP contribution in [0.1, 0.15) is 0 Å². The van der Waals surface area contributed by atoms with Crippen molar-refractivity contribution < 1.29 is 0 Å². The second-order valence-electron chi connectivity index (χ2n) is 14.4. The smallest absolute Gasteiger partial charge is 0.235 e. The van der Waals surface area contributed by atoms with Gasteiger partial charge >= 0.3 is 0 Å². The summed E-state index contributed by atoms with van der Waals surface area (Å²) in [5.41, 5.74) is 5.29. The first-order valence-corrected chi connectivity index (χ1v) is 20.2. The van der Waals surface area contributed by atoms with Crippen molar-refractivity contribution in [1.29, 1.82) is 0 Å². The number of hydrogen-bond acceptors (Lipinski definition) is 4. The van der Waals surface area contributed by atoms with Gasteiger partial charge < -0.3 is 0 Å². The van der Waals surface area contributed by atoms with Crippen LogP contribution in [0, 0.1) is 0 Å². The largest absolute Gasteiger partial charge is 0.277 e. The predicted molar refractivity (Wildman–Crippen MR) is 238 cm³/mol. The zero-order valence-corrected chi connectivity index (χ0v) is 30.9. The minimum atomic E-state index is 0.684. The number of nitrogens with zero attached hydrogens (tertiary/aromatic N) is 3. The Morgan fingerprint density at radius 1 is 0.400 bits per heavy atom. The monoisotopic (exact) mass is 733 g/mol. The van der Waals surface area contributed by atoms with Gasteiger partial charge in [-0.15, -0.1) is 22.7 Å². The van der Waals surface area contributed by atoms with E-state index in [1.54, 1.807) is 11.3 Å². The van der Waals surface area contributed by atoms with Crippen molar-refractivity contribution in [2.45, 2.75) is 0 Å². The van der Waals surface area contributed by atoms with Crippen molar-refractivity contribution in [3.8, 4) is 17.2 Å². The molecule has 0 amide bonds. The van der Waals surface area contributed by atoms with Crippen LogP contribution >= 0.6 is 22.7 Å². The highest BCUT2D eigenvalue weighted by Crippen LogP contribution is 2.46. The maximum absolute atomic E-state index is 5.64. The summed E-state index contributed by atoms with van der Waals surface area (Å²) >= 11 is 3.63. The highest BCUT2D eigenvalue weighted by Gasteiger charge is 2.24. The van der Waals surface area contributed by atoms with Gasteiger partial charge in [0.25, 0.3) is 0 Å². The van der Waals surface area contributed by atoms with Crippen molar-refractivity contribution in [2.24, 2.45) is 0 Å². The lowest BCUT2D eigenvalue weighted by atomic mass is 9.91.